The van der Waals surface area contributed by atoms with Gasteiger partial charge in [0, 0.05) is 19.3 Å². The summed E-state index contributed by atoms with van der Waals surface area (Å²) in [5, 5.41) is 0. The van der Waals surface area contributed by atoms with E-state index in [0.717, 1.165) is 37.9 Å². The van der Waals surface area contributed by atoms with Crippen LogP contribution in [0.3, 0.4) is 0 Å². The molecule has 0 aliphatic carbocycles. The fourth-order valence-corrected chi connectivity index (χ4v) is 3.42. The number of amides is 1. The lowest BCUT2D eigenvalue weighted by Gasteiger charge is -2.32. The first-order chi connectivity index (χ1) is 12.8. The zero-order valence-electron chi connectivity index (χ0n) is 15.3. The van der Waals surface area contributed by atoms with Crippen LogP contribution in [0.15, 0.2) is 42.6 Å². The molecule has 0 saturated carbocycles. The van der Waals surface area contributed by atoms with Gasteiger partial charge in [0.1, 0.15) is 5.69 Å². The van der Waals surface area contributed by atoms with Crippen LogP contribution in [0, 0.1) is 12.8 Å². The van der Waals surface area contributed by atoms with E-state index in [-0.39, 0.29) is 11.5 Å². The lowest BCUT2D eigenvalue weighted by Crippen LogP contribution is -2.38. The maximum absolute atomic E-state index is 12.6. The van der Waals surface area contributed by atoms with E-state index in [1.165, 1.54) is 17.2 Å². The lowest BCUT2D eigenvalue weighted by atomic mass is 9.90. The molecule has 144 valence electrons. The highest BCUT2D eigenvalue weighted by Crippen LogP contribution is 2.28. The number of aromatic nitrogens is 1. The highest BCUT2D eigenvalue weighted by atomic mass is 19.4. The van der Waals surface area contributed by atoms with Crippen LogP contribution in [0.25, 0.3) is 0 Å². The highest BCUT2D eigenvalue weighted by molar-refractivity contribution is 5.94. The topological polar surface area (TPSA) is 33.2 Å². The average molecular weight is 376 g/mol. The third-order valence-electron chi connectivity index (χ3n) is 5.16. The second-order valence-electron chi connectivity index (χ2n) is 7.19. The van der Waals surface area contributed by atoms with Gasteiger partial charge in [-0.25, -0.2) is 0 Å². The molecule has 0 N–H and O–H groups in total. The van der Waals surface area contributed by atoms with Crippen LogP contribution >= 0.6 is 0 Å². The summed E-state index contributed by atoms with van der Waals surface area (Å²) in [5.41, 5.74) is 1.81. The SMILES string of the molecule is Cc1ccc(CCC2CCN(C(=O)c3ccc(C(F)(F)F)nc3)CC2)cc1. The summed E-state index contributed by atoms with van der Waals surface area (Å²) in [6.07, 6.45) is 0.498. The third-order valence-corrected chi connectivity index (χ3v) is 5.16. The Morgan fingerprint density at radius 2 is 1.78 bits per heavy atom. The number of piperidine rings is 1. The first kappa shape index (κ1) is 19.4. The lowest BCUT2D eigenvalue weighted by molar-refractivity contribution is -0.141. The molecule has 1 aromatic carbocycles. The highest BCUT2D eigenvalue weighted by Gasteiger charge is 2.32. The first-order valence-corrected chi connectivity index (χ1v) is 9.21. The number of carbonyl (C=O) groups excluding carboxylic acids is 1. The van der Waals surface area contributed by atoms with Crippen molar-refractivity contribution in [1.29, 1.82) is 0 Å². The van der Waals surface area contributed by atoms with E-state index in [9.17, 15) is 18.0 Å². The van der Waals surface area contributed by atoms with Crippen LogP contribution in [0.5, 0.6) is 0 Å². The van der Waals surface area contributed by atoms with Gasteiger partial charge >= 0.3 is 6.18 Å². The van der Waals surface area contributed by atoms with Crippen LogP contribution in [-0.4, -0.2) is 28.9 Å². The number of carbonyl (C=O) groups is 1. The zero-order chi connectivity index (χ0) is 19.4. The van der Waals surface area contributed by atoms with Crippen molar-refractivity contribution in [2.24, 2.45) is 5.92 Å². The molecule has 0 atom stereocenters. The number of pyridine rings is 1. The van der Waals surface area contributed by atoms with E-state index in [4.69, 9.17) is 0 Å². The van der Waals surface area contributed by atoms with E-state index in [1.807, 2.05) is 0 Å². The number of aryl methyl sites for hydroxylation is 2. The predicted octanol–water partition coefficient (Wildman–Crippen LogP) is 4.89. The Balaban J connectivity index is 1.49. The summed E-state index contributed by atoms with van der Waals surface area (Å²) < 4.78 is 37.7. The van der Waals surface area contributed by atoms with Gasteiger partial charge in [0.25, 0.3) is 5.91 Å². The van der Waals surface area contributed by atoms with Crippen molar-refractivity contribution in [2.75, 3.05) is 13.1 Å². The summed E-state index contributed by atoms with van der Waals surface area (Å²) in [7, 11) is 0. The summed E-state index contributed by atoms with van der Waals surface area (Å²) in [4.78, 5) is 17.6. The van der Waals surface area contributed by atoms with Crippen molar-refractivity contribution >= 4 is 5.91 Å². The molecule has 6 heteroatoms. The van der Waals surface area contributed by atoms with Crippen molar-refractivity contribution < 1.29 is 18.0 Å². The standard InChI is InChI=1S/C21H23F3N2O/c1-15-2-4-16(5-3-15)6-7-17-10-12-26(13-11-17)20(27)18-8-9-19(25-14-18)21(22,23)24/h2-5,8-9,14,17H,6-7,10-13H2,1H3. The van der Waals surface area contributed by atoms with Gasteiger partial charge in [-0.3, -0.25) is 9.78 Å². The smallest absolute Gasteiger partial charge is 0.339 e. The zero-order valence-corrected chi connectivity index (χ0v) is 15.3. The Bertz CT molecular complexity index is 762. The molecule has 1 saturated heterocycles. The van der Waals surface area contributed by atoms with Crippen LogP contribution in [-0.2, 0) is 12.6 Å². The monoisotopic (exact) mass is 376 g/mol. The second-order valence-corrected chi connectivity index (χ2v) is 7.19. The average Bonchev–Trinajstić information content (AvgIpc) is 2.67. The molecule has 1 aliphatic heterocycles. The Labute approximate surface area is 157 Å². The summed E-state index contributed by atoms with van der Waals surface area (Å²) in [6, 6.07) is 10.6. The van der Waals surface area contributed by atoms with Gasteiger partial charge in [0.2, 0.25) is 0 Å². The van der Waals surface area contributed by atoms with Gasteiger partial charge in [-0.05, 0) is 56.2 Å². The van der Waals surface area contributed by atoms with Crippen molar-refractivity contribution in [3.63, 3.8) is 0 Å². The summed E-state index contributed by atoms with van der Waals surface area (Å²) in [6.45, 7) is 3.35. The predicted molar refractivity (Wildman–Crippen MR) is 97.4 cm³/mol. The van der Waals surface area contributed by atoms with Crippen molar-refractivity contribution in [1.82, 2.24) is 9.88 Å². The number of likely N-dealkylation sites (tertiary alicyclic amines) is 1. The molecule has 1 aromatic heterocycles. The van der Waals surface area contributed by atoms with Gasteiger partial charge in [-0.2, -0.15) is 13.2 Å². The molecule has 0 unspecified atom stereocenters. The van der Waals surface area contributed by atoms with Crippen molar-refractivity contribution in [3.8, 4) is 0 Å². The number of hydrogen-bond donors (Lipinski definition) is 0. The molecule has 1 fully saturated rings. The Morgan fingerprint density at radius 1 is 1.11 bits per heavy atom. The molecule has 1 aliphatic rings. The minimum absolute atomic E-state index is 0.209. The second kappa shape index (κ2) is 8.11. The minimum atomic E-state index is -4.49. The van der Waals surface area contributed by atoms with E-state index >= 15 is 0 Å². The van der Waals surface area contributed by atoms with Gasteiger partial charge in [0.05, 0.1) is 5.56 Å². The molecule has 2 aromatic rings. The molecular formula is C21H23F3N2O. The maximum Gasteiger partial charge on any atom is 0.433 e. The fourth-order valence-electron chi connectivity index (χ4n) is 3.42. The Kier molecular flexibility index (Phi) is 5.82. The molecule has 2 heterocycles. The van der Waals surface area contributed by atoms with Crippen molar-refractivity contribution in [3.05, 3.63) is 65.0 Å². The Morgan fingerprint density at radius 3 is 2.33 bits per heavy atom. The maximum atomic E-state index is 12.6. The van der Waals surface area contributed by atoms with Crippen LogP contribution < -0.4 is 0 Å². The van der Waals surface area contributed by atoms with Crippen LogP contribution in [0.1, 0.15) is 46.4 Å². The number of alkyl halides is 3. The number of nitrogens with zero attached hydrogens (tertiary/aromatic N) is 2. The van der Waals surface area contributed by atoms with Gasteiger partial charge in [-0.1, -0.05) is 29.8 Å². The molecule has 0 bridgehead atoms. The number of halogens is 3. The number of benzene rings is 1. The molecule has 1 amide bonds. The third kappa shape index (κ3) is 5.08. The molecule has 0 radical (unpaired) electrons. The van der Waals surface area contributed by atoms with E-state index in [0.29, 0.717) is 19.0 Å². The fraction of sp³-hybridized carbons (Fsp3) is 0.429. The quantitative estimate of drug-likeness (QED) is 0.761. The molecular weight excluding hydrogens is 353 g/mol. The largest absolute Gasteiger partial charge is 0.433 e. The van der Waals surface area contributed by atoms with Gasteiger partial charge < -0.3 is 4.90 Å². The molecule has 0 spiro atoms. The van der Waals surface area contributed by atoms with E-state index in [2.05, 4.69) is 36.2 Å². The van der Waals surface area contributed by atoms with Crippen LogP contribution in [0.2, 0.25) is 0 Å². The van der Waals surface area contributed by atoms with Gasteiger partial charge in [0.15, 0.2) is 0 Å². The number of hydrogen-bond acceptors (Lipinski definition) is 2. The van der Waals surface area contributed by atoms with E-state index in [1.54, 1.807) is 4.90 Å². The van der Waals surface area contributed by atoms with Gasteiger partial charge in [-0.15, -0.1) is 0 Å². The number of rotatable bonds is 4. The molecule has 27 heavy (non-hydrogen) atoms. The van der Waals surface area contributed by atoms with Crippen molar-refractivity contribution in [2.45, 2.75) is 38.8 Å². The molecule has 3 rings (SSSR count). The Hall–Kier alpha value is -2.37. The van der Waals surface area contributed by atoms with E-state index < -0.39 is 11.9 Å². The minimum Gasteiger partial charge on any atom is -0.339 e. The van der Waals surface area contributed by atoms with Crippen LogP contribution in [0.4, 0.5) is 13.2 Å². The normalized spacial score (nSPS) is 15.8. The molecule has 3 nitrogen and oxygen atoms in total. The first-order valence-electron chi connectivity index (χ1n) is 9.21. The summed E-state index contributed by atoms with van der Waals surface area (Å²) >= 11 is 0. The summed E-state index contributed by atoms with van der Waals surface area (Å²) in [5.74, 6) is 0.328.